The first-order chi connectivity index (χ1) is 25.4. The summed E-state index contributed by atoms with van der Waals surface area (Å²) in [7, 11) is 5.64. The second-order valence-electron chi connectivity index (χ2n) is 18.4. The van der Waals surface area contributed by atoms with Crippen molar-refractivity contribution in [2.75, 3.05) is 33.1 Å². The molecule has 2 bridgehead atoms. The van der Waals surface area contributed by atoms with E-state index in [0.717, 1.165) is 12.1 Å². The minimum absolute atomic E-state index is 0.0306. The molecule has 4 aliphatic heterocycles. The van der Waals surface area contributed by atoms with Crippen LogP contribution in [0.5, 0.6) is 0 Å². The number of carbonyl (C=O) groups excluding carboxylic acids is 3. The van der Waals surface area contributed by atoms with Crippen LogP contribution in [0.2, 0.25) is 0 Å². The summed E-state index contributed by atoms with van der Waals surface area (Å²) in [4.78, 5) is 52.9. The molecule has 55 heavy (non-hydrogen) atoms. The van der Waals surface area contributed by atoms with Crippen molar-refractivity contribution in [2.24, 2.45) is 28.2 Å². The van der Waals surface area contributed by atoms with Gasteiger partial charge in [0.15, 0.2) is 17.7 Å². The molecule has 4 aliphatic rings. The highest BCUT2D eigenvalue weighted by Gasteiger charge is 2.66. The molecule has 1 amide bonds. The Morgan fingerprint density at radius 3 is 2.18 bits per heavy atom. The van der Waals surface area contributed by atoms with Crippen molar-refractivity contribution < 1.29 is 42.8 Å². The Morgan fingerprint density at radius 1 is 0.982 bits per heavy atom. The molecule has 4 heterocycles. The maximum Gasteiger partial charge on any atom is 0.411 e. The smallest absolute Gasteiger partial charge is 0.411 e. The summed E-state index contributed by atoms with van der Waals surface area (Å²) < 4.78 is 39.2. The molecule has 0 unspecified atom stereocenters. The van der Waals surface area contributed by atoms with Crippen LogP contribution in [0, 0.1) is 35.0 Å². The third kappa shape index (κ3) is 8.29. The van der Waals surface area contributed by atoms with Crippen molar-refractivity contribution in [3.63, 3.8) is 0 Å². The lowest BCUT2D eigenvalue weighted by Gasteiger charge is -2.49. The van der Waals surface area contributed by atoms with Gasteiger partial charge in [-0.2, -0.15) is 0 Å². The first-order valence-electron chi connectivity index (χ1n) is 19.9. The molecule has 0 spiro atoms. The lowest BCUT2D eigenvalue weighted by Crippen LogP contribution is -2.64. The van der Waals surface area contributed by atoms with Crippen LogP contribution in [0.3, 0.4) is 0 Å². The summed E-state index contributed by atoms with van der Waals surface area (Å²) in [6.07, 6.45) is -2.35. The largest absolute Gasteiger partial charge is 0.457 e. The number of ketones is 1. The predicted molar refractivity (Wildman–Crippen MR) is 215 cm³/mol. The number of alkyl halides is 1. The average Bonchev–Trinajstić information content (AvgIpc) is 3.35. The number of ether oxygens (including phenoxy) is 6. The number of Topliss-reactive ketones (excluding diaryl/α,β-unsaturated/α-hetero) is 1. The summed E-state index contributed by atoms with van der Waals surface area (Å²) in [6, 6.07) is -0.583. The van der Waals surface area contributed by atoms with Crippen molar-refractivity contribution in [3.8, 4) is 11.8 Å². The molecular weight excluding hydrogens is 770 g/mol. The fourth-order valence-corrected chi connectivity index (χ4v) is 9.79. The van der Waals surface area contributed by atoms with Crippen molar-refractivity contribution in [2.45, 2.75) is 174 Å². The molecule has 3 fully saturated rings. The van der Waals surface area contributed by atoms with E-state index in [1.54, 1.807) is 27.9 Å². The van der Waals surface area contributed by atoms with Crippen LogP contribution >= 0.6 is 15.9 Å². The molecule has 12 atom stereocenters. The first-order valence-corrected chi connectivity index (χ1v) is 21.0. The second-order valence-corrected chi connectivity index (χ2v) is 19.0. The first kappa shape index (κ1) is 45.6. The van der Waals surface area contributed by atoms with Gasteiger partial charge in [0.25, 0.3) is 0 Å². The van der Waals surface area contributed by atoms with Gasteiger partial charge in [-0.15, -0.1) is 0 Å². The van der Waals surface area contributed by atoms with Gasteiger partial charge in [-0.3, -0.25) is 19.5 Å². The van der Waals surface area contributed by atoms with Gasteiger partial charge in [-0.1, -0.05) is 55.5 Å². The lowest BCUT2D eigenvalue weighted by molar-refractivity contribution is -0.300. The summed E-state index contributed by atoms with van der Waals surface area (Å²) in [5, 5.41) is 0.471. The highest BCUT2D eigenvalue weighted by Crippen LogP contribution is 2.50. The van der Waals surface area contributed by atoms with Crippen LogP contribution in [0.1, 0.15) is 109 Å². The van der Waals surface area contributed by atoms with E-state index in [4.69, 9.17) is 33.4 Å². The Balaban J connectivity index is 2.00. The Hall–Kier alpha value is -2.08. The minimum atomic E-state index is -1.62. The zero-order chi connectivity index (χ0) is 41.6. The molecule has 312 valence electrons. The van der Waals surface area contributed by atoms with E-state index >= 15 is 0 Å². The molecule has 0 aromatic heterocycles. The fourth-order valence-electron chi connectivity index (χ4n) is 9.59. The van der Waals surface area contributed by atoms with Gasteiger partial charge in [-0.05, 0) is 102 Å². The molecule has 0 aromatic rings. The Kier molecular flexibility index (Phi) is 13.8. The number of methoxy groups -OCH3 is 1. The average molecular weight is 839 g/mol. The van der Waals surface area contributed by atoms with Gasteiger partial charge in [0.1, 0.15) is 24.2 Å². The second kappa shape index (κ2) is 16.6. The molecule has 0 N–H and O–H groups in total. The number of cyclic esters (lactones) is 1. The summed E-state index contributed by atoms with van der Waals surface area (Å²) >= 11 is 3.39. The van der Waals surface area contributed by atoms with Crippen molar-refractivity contribution in [1.82, 2.24) is 9.80 Å². The number of hydrogen-bond acceptors (Lipinski definition) is 11. The standard InChI is InChI=1S/C42H68BrN3O9/c1-17-29-42(13)32-26(4)30(44-39(8,9)40(10,11)46(32)37(49)55-42)24(2)23-41(12,51-21-19-18-20-43)34(27(5)33(47)38(6,7)36(48)53-29)54-35-31(50-16)28(45(14)15)22-25(3)52-35/h24-29,31-32,34-35H,17,20-23H2,1-16H3/t24-,25-,26+,27+,28+,29-,31-,32-,34-,35+,41+,42-/m1/s1. The van der Waals surface area contributed by atoms with Crippen molar-refractivity contribution in [1.29, 1.82) is 0 Å². The Bertz CT molecular complexity index is 1540. The zero-order valence-corrected chi connectivity index (χ0v) is 37.8. The van der Waals surface area contributed by atoms with Crippen LogP contribution in [-0.4, -0.2) is 132 Å². The number of hydrogen-bond donors (Lipinski definition) is 0. The van der Waals surface area contributed by atoms with Gasteiger partial charge >= 0.3 is 12.1 Å². The Morgan fingerprint density at radius 2 is 1.62 bits per heavy atom. The van der Waals surface area contributed by atoms with Crippen LogP contribution in [0.25, 0.3) is 0 Å². The van der Waals surface area contributed by atoms with E-state index in [0.29, 0.717) is 18.2 Å². The number of carbonyl (C=O) groups is 3. The SMILES string of the molecule is CC[C@H]1OC(=O)C(C)(C)C(=O)[C@H](C)[C@@H](O[C@@H]2O[C@H](C)C[C@H](N(C)C)[C@H]2OC)[C@@](C)(OCC#CCBr)C[C@@H](C)C2=NC(C)(C)C(C)(C)N3C(=O)O[C@@]1(C)[C@H]3[C@H]2C. The molecule has 4 rings (SSSR count). The van der Waals surface area contributed by atoms with E-state index in [1.165, 1.54) is 0 Å². The molecule has 3 saturated heterocycles. The van der Waals surface area contributed by atoms with Crippen molar-refractivity contribution >= 4 is 39.5 Å². The number of rotatable bonds is 7. The summed E-state index contributed by atoms with van der Waals surface area (Å²) in [5.41, 5.74) is -4.73. The van der Waals surface area contributed by atoms with Gasteiger partial charge in [0.05, 0.1) is 40.3 Å². The fraction of sp³-hybridized carbons (Fsp3) is 0.857. The molecule has 13 heteroatoms. The lowest BCUT2D eigenvalue weighted by atomic mass is 9.71. The van der Waals surface area contributed by atoms with Gasteiger partial charge in [0.2, 0.25) is 0 Å². The predicted octanol–water partition coefficient (Wildman–Crippen LogP) is 6.45. The number of esters is 1. The number of likely N-dealkylation sites (N-methyl/N-ethyl adjacent to an activating group) is 1. The normalized spacial score (nSPS) is 40.3. The van der Waals surface area contributed by atoms with E-state index in [2.05, 4.69) is 46.5 Å². The molecule has 0 aromatic carbocycles. The number of amides is 1. The molecule has 0 aliphatic carbocycles. The van der Waals surface area contributed by atoms with Crippen LogP contribution in [0.15, 0.2) is 4.99 Å². The van der Waals surface area contributed by atoms with Gasteiger partial charge < -0.3 is 33.3 Å². The van der Waals surface area contributed by atoms with E-state index in [1.807, 2.05) is 74.4 Å². The number of nitrogens with zero attached hydrogens (tertiary/aromatic N) is 3. The van der Waals surface area contributed by atoms with Gasteiger partial charge in [0, 0.05) is 30.7 Å². The third-order valence-electron chi connectivity index (χ3n) is 13.4. The van der Waals surface area contributed by atoms with Crippen molar-refractivity contribution in [3.05, 3.63) is 0 Å². The topological polar surface area (TPSA) is 125 Å². The van der Waals surface area contributed by atoms with Gasteiger partial charge in [-0.25, -0.2) is 4.79 Å². The Labute approximate surface area is 338 Å². The van der Waals surface area contributed by atoms with Crippen LogP contribution in [-0.2, 0) is 38.0 Å². The van der Waals surface area contributed by atoms with Crippen LogP contribution < -0.4 is 0 Å². The van der Waals surface area contributed by atoms with E-state index in [-0.39, 0.29) is 36.4 Å². The third-order valence-corrected chi connectivity index (χ3v) is 13.6. The van der Waals surface area contributed by atoms with Crippen LogP contribution in [0.4, 0.5) is 4.79 Å². The number of halogens is 1. The molecule has 0 saturated carbocycles. The zero-order valence-electron chi connectivity index (χ0n) is 36.2. The molecule has 0 radical (unpaired) electrons. The number of fused-ring (bicyclic) bond motifs is 1. The van der Waals surface area contributed by atoms with E-state index < -0.39 is 76.3 Å². The quantitative estimate of drug-likeness (QED) is 0.122. The number of aliphatic imine (C=N–C) groups is 1. The van der Waals surface area contributed by atoms with E-state index in [9.17, 15) is 14.4 Å². The minimum Gasteiger partial charge on any atom is -0.457 e. The molecule has 12 nitrogen and oxygen atoms in total. The maximum absolute atomic E-state index is 14.9. The summed E-state index contributed by atoms with van der Waals surface area (Å²) in [5.74, 6) is 3.56. The monoisotopic (exact) mass is 837 g/mol. The molecular formula is C42H68BrN3O9. The highest BCUT2D eigenvalue weighted by molar-refractivity contribution is 9.09. The summed E-state index contributed by atoms with van der Waals surface area (Å²) in [6.45, 7) is 25.0. The maximum atomic E-state index is 14.9. The highest BCUT2D eigenvalue weighted by atomic mass is 79.9.